The van der Waals surface area contributed by atoms with E-state index in [1.807, 2.05) is 47.9 Å². The van der Waals surface area contributed by atoms with E-state index in [1.54, 1.807) is 27.4 Å². The first-order valence-electron chi connectivity index (χ1n) is 23.4. The van der Waals surface area contributed by atoms with Crippen LogP contribution in [0.25, 0.3) is 0 Å². The molecule has 2 N–H and O–H groups in total. The summed E-state index contributed by atoms with van der Waals surface area (Å²) >= 11 is 0. The lowest BCUT2D eigenvalue weighted by Crippen LogP contribution is -2.59. The van der Waals surface area contributed by atoms with E-state index in [0.29, 0.717) is 50.5 Å². The minimum Gasteiger partial charge on any atom is -0.462 e. The number of carbonyl (C=O) groups is 2. The van der Waals surface area contributed by atoms with Gasteiger partial charge in [0.25, 0.3) is 0 Å². The average Bonchev–Trinajstić information content (AvgIpc) is 3.84. The van der Waals surface area contributed by atoms with E-state index in [0.717, 1.165) is 18.6 Å². The molecule has 7 rings (SSSR count). The van der Waals surface area contributed by atoms with E-state index in [-0.39, 0.29) is 60.0 Å². The number of esters is 1. The third kappa shape index (κ3) is 10.3. The van der Waals surface area contributed by atoms with Crippen LogP contribution in [0.5, 0.6) is 0 Å². The molecule has 1 aromatic carbocycles. The Bertz CT molecular complexity index is 1780. The van der Waals surface area contributed by atoms with Gasteiger partial charge in [-0.25, -0.2) is 0 Å². The van der Waals surface area contributed by atoms with Gasteiger partial charge in [0.15, 0.2) is 18.4 Å². The summed E-state index contributed by atoms with van der Waals surface area (Å²) < 4.78 is 91.8. The summed E-state index contributed by atoms with van der Waals surface area (Å²) in [6, 6.07) is 4.32. The summed E-state index contributed by atoms with van der Waals surface area (Å²) in [4.78, 5) is 31.3. The highest BCUT2D eigenvalue weighted by Crippen LogP contribution is 2.57. The second kappa shape index (κ2) is 20.7. The van der Waals surface area contributed by atoms with Crippen LogP contribution in [0, 0.1) is 35.5 Å². The van der Waals surface area contributed by atoms with Crippen molar-refractivity contribution in [3.8, 4) is 0 Å². The molecular weight excluding hydrogens is 838 g/mol. The van der Waals surface area contributed by atoms with E-state index in [2.05, 4.69) is 10.2 Å². The first-order chi connectivity index (χ1) is 30.5. The fraction of sp³-hybridized carbons (Fsp3) is 0.792. The van der Waals surface area contributed by atoms with Crippen LogP contribution in [-0.4, -0.2) is 137 Å². The summed E-state index contributed by atoms with van der Waals surface area (Å²) in [6.45, 7) is 7.79. The number of carbonyl (C=O) groups excluding carboxylic acids is 2. The maximum Gasteiger partial charge on any atom is 0.416 e. The number of hydrogen-bond donors (Lipinski definition) is 2. The number of benzene rings is 1. The minimum absolute atomic E-state index is 0.0723. The van der Waals surface area contributed by atoms with Crippen molar-refractivity contribution in [1.82, 2.24) is 4.90 Å². The molecule has 2 saturated carbocycles. The Morgan fingerprint density at radius 3 is 2.27 bits per heavy atom. The zero-order valence-electron chi connectivity index (χ0n) is 38.8. The maximum atomic E-state index is 15.2. The monoisotopic (exact) mass is 909 g/mol. The Balaban J connectivity index is 1.23. The van der Waals surface area contributed by atoms with E-state index in [9.17, 15) is 23.1 Å². The summed E-state index contributed by atoms with van der Waals surface area (Å²) in [5, 5.41) is 15.9. The summed E-state index contributed by atoms with van der Waals surface area (Å²) in [5.74, 6) is -3.40. The summed E-state index contributed by atoms with van der Waals surface area (Å²) in [6.07, 6.45) is -3.47. The second-order valence-corrected chi connectivity index (χ2v) is 19.4. The number of cyclic esters (lactones) is 1. The van der Waals surface area contributed by atoms with E-state index in [1.165, 1.54) is 6.07 Å². The van der Waals surface area contributed by atoms with Gasteiger partial charge in [0.2, 0.25) is 0 Å². The minimum atomic E-state index is -4.60. The highest BCUT2D eigenvalue weighted by molar-refractivity contribution is 5.99. The number of nitrogens with zero attached hydrogens (tertiary/aromatic N) is 1. The Hall–Kier alpha value is -2.67. The Kier molecular flexibility index (Phi) is 15.9. The van der Waals surface area contributed by atoms with Gasteiger partial charge in [-0.15, -0.1) is 0 Å². The molecule has 360 valence electrons. The molecule has 3 aliphatic carbocycles. The van der Waals surface area contributed by atoms with Crippen molar-refractivity contribution >= 4 is 17.4 Å². The summed E-state index contributed by atoms with van der Waals surface area (Å²) in [5.41, 5.74) is -0.188. The molecule has 13 nitrogen and oxygen atoms in total. The van der Waals surface area contributed by atoms with Gasteiger partial charge in [0, 0.05) is 44.9 Å². The van der Waals surface area contributed by atoms with Crippen molar-refractivity contribution < 1.29 is 65.8 Å². The Morgan fingerprint density at radius 2 is 1.61 bits per heavy atom. The smallest absolute Gasteiger partial charge is 0.416 e. The molecule has 16 heteroatoms. The van der Waals surface area contributed by atoms with Crippen LogP contribution in [0.1, 0.15) is 91.0 Å². The number of alkyl halides is 3. The van der Waals surface area contributed by atoms with E-state index >= 15 is 4.79 Å². The third-order valence-corrected chi connectivity index (χ3v) is 15.4. The molecule has 19 atom stereocenters. The van der Waals surface area contributed by atoms with Crippen molar-refractivity contribution in [2.45, 2.75) is 171 Å². The van der Waals surface area contributed by atoms with Crippen LogP contribution in [-0.2, 0) is 53.7 Å². The average molecular weight is 909 g/mol. The van der Waals surface area contributed by atoms with E-state index < -0.39 is 90.7 Å². The molecule has 6 aliphatic rings. The quantitative estimate of drug-likeness (QED) is 0.225. The molecule has 64 heavy (non-hydrogen) atoms. The molecule has 0 aromatic heterocycles. The molecule has 0 spiro atoms. The van der Waals surface area contributed by atoms with Crippen LogP contribution in [0.15, 0.2) is 35.9 Å². The van der Waals surface area contributed by atoms with Crippen molar-refractivity contribution in [2.75, 3.05) is 40.7 Å². The number of likely N-dealkylation sites (N-methyl/N-ethyl adjacent to an activating group) is 1. The SMILES string of the molecule is CC[C@H]1CCC[C@H](O[C@H]2CC[C@H](N(C)C)C(C)O2)[C@@H](C)C(=O)C2=C[C@H]3[C@@H]4C[C@H](O[C@@H]5OC(C)[C@H](OC)C(OC)[C@@H]5OC)C[C@H]4[C@@H](O)[C@H](Nc4cccc(C(F)(F)F)c4)[C@H]3[C@@H]2CC(=O)O1. The number of fused-ring (bicyclic) bond motifs is 5. The van der Waals surface area contributed by atoms with Crippen molar-refractivity contribution in [3.63, 3.8) is 0 Å². The molecule has 3 unspecified atom stereocenters. The standard InChI is InChI=1S/C48H71F3N2O11/c1-10-29-15-12-16-37(64-39-18-17-36(53(5)6)25(3)60-39)24(2)42(55)35-22-32-31-20-30(63-47-46(59-9)45(58-8)44(57-7)26(4)61-47)21-34(31)43(56)41(40(32)33(35)23-38(54)62-29)52-28-14-11-13-27(19-28)48(49,50)51/h11,13-14,19,22,24-26,29-34,36-37,39-41,43-47,52,56H,10,12,15-18,20-21,23H2,1-9H3/t24-,25?,26?,29+,30+,31+,32+,33-,34-,36+,37+,39+,40-,41-,43-,44+,45?,46+,47+/m1/s1. The number of aliphatic hydroxyl groups is 1. The van der Waals surface area contributed by atoms with Crippen LogP contribution in [0.3, 0.4) is 0 Å². The van der Waals surface area contributed by atoms with Gasteiger partial charge < -0.3 is 53.2 Å². The normalized spacial score (nSPS) is 42.2. The molecular formula is C48H71F3N2O11. The number of anilines is 1. The van der Waals surface area contributed by atoms with Gasteiger partial charge in [0.05, 0.1) is 48.5 Å². The Labute approximate surface area is 376 Å². The van der Waals surface area contributed by atoms with Crippen molar-refractivity contribution in [3.05, 3.63) is 41.5 Å². The molecule has 5 fully saturated rings. The molecule has 0 amide bonds. The lowest BCUT2D eigenvalue weighted by Gasteiger charge is -2.47. The number of allylic oxidation sites excluding steroid dienone is 2. The maximum absolute atomic E-state index is 15.2. The predicted molar refractivity (Wildman–Crippen MR) is 230 cm³/mol. The van der Waals surface area contributed by atoms with Crippen LogP contribution in [0.4, 0.5) is 18.9 Å². The zero-order valence-corrected chi connectivity index (χ0v) is 38.8. The van der Waals surface area contributed by atoms with Crippen LogP contribution in [0.2, 0.25) is 0 Å². The molecule has 0 radical (unpaired) electrons. The van der Waals surface area contributed by atoms with Gasteiger partial charge >= 0.3 is 12.1 Å². The zero-order chi connectivity index (χ0) is 46.2. The number of Topliss-reactive ketones (excluding diaryl/α,β-unsaturated/α-hetero) is 1. The largest absolute Gasteiger partial charge is 0.462 e. The predicted octanol–water partition coefficient (Wildman–Crippen LogP) is 6.79. The van der Waals surface area contributed by atoms with Gasteiger partial charge in [-0.05, 0) is 127 Å². The molecule has 0 bridgehead atoms. The van der Waals surface area contributed by atoms with Gasteiger partial charge in [-0.3, -0.25) is 9.59 Å². The number of rotatable bonds is 11. The molecule has 1 aromatic rings. The number of halogens is 3. The summed E-state index contributed by atoms with van der Waals surface area (Å²) in [7, 11) is 8.80. The Morgan fingerprint density at radius 1 is 0.891 bits per heavy atom. The highest BCUT2D eigenvalue weighted by Gasteiger charge is 2.60. The first-order valence-corrected chi connectivity index (χ1v) is 23.4. The van der Waals surface area contributed by atoms with Gasteiger partial charge in [-0.2, -0.15) is 13.2 Å². The molecule has 3 heterocycles. The lowest BCUT2D eigenvalue weighted by atomic mass is 9.62. The number of ether oxygens (including phenoxy) is 8. The highest BCUT2D eigenvalue weighted by atomic mass is 19.4. The second-order valence-electron chi connectivity index (χ2n) is 19.4. The fourth-order valence-corrected chi connectivity index (χ4v) is 12.2. The molecule has 3 saturated heterocycles. The third-order valence-electron chi connectivity index (χ3n) is 15.4. The van der Waals surface area contributed by atoms with Gasteiger partial charge in [-0.1, -0.05) is 26.0 Å². The van der Waals surface area contributed by atoms with Crippen LogP contribution >= 0.6 is 0 Å². The molecule has 3 aliphatic heterocycles. The fourth-order valence-electron chi connectivity index (χ4n) is 12.2. The first kappa shape index (κ1) is 49.2. The van der Waals surface area contributed by atoms with Crippen molar-refractivity contribution in [2.24, 2.45) is 35.5 Å². The van der Waals surface area contributed by atoms with Crippen LogP contribution < -0.4 is 5.32 Å². The number of ketones is 1. The number of methoxy groups -OCH3 is 3. The van der Waals surface area contributed by atoms with Gasteiger partial charge in [0.1, 0.15) is 24.4 Å². The number of hydrogen-bond acceptors (Lipinski definition) is 13. The van der Waals surface area contributed by atoms with Crippen molar-refractivity contribution in [1.29, 1.82) is 0 Å². The number of aliphatic hydroxyl groups excluding tert-OH is 1. The van der Waals surface area contributed by atoms with E-state index in [4.69, 9.17) is 37.9 Å². The topological polar surface area (TPSA) is 143 Å². The lowest BCUT2D eigenvalue weighted by molar-refractivity contribution is -0.314. The number of nitrogens with one attached hydrogen (secondary N) is 1.